The summed E-state index contributed by atoms with van der Waals surface area (Å²) in [6, 6.07) is 0. The molecule has 0 bridgehead atoms. The Hall–Kier alpha value is -1.02. The first-order valence-electron chi connectivity index (χ1n) is 5.96. The van der Waals surface area contributed by atoms with E-state index in [4.69, 9.17) is 0 Å². The Morgan fingerprint density at radius 2 is 0.682 bits per heavy atom. The Bertz CT molecular complexity index is 368. The Kier molecular flexibility index (Phi) is 23.8. The number of allylic oxidation sites excluding steroid dienone is 6. The van der Waals surface area contributed by atoms with Gasteiger partial charge >= 0.3 is 0 Å². The van der Waals surface area contributed by atoms with Crippen molar-refractivity contribution < 1.29 is 70.5 Å². The number of rotatable bonds is 3. The fourth-order valence-electron chi connectivity index (χ4n) is 0.859. The first kappa shape index (κ1) is 29.0. The van der Waals surface area contributed by atoms with Gasteiger partial charge in [0.1, 0.15) is 0 Å². The van der Waals surface area contributed by atoms with Crippen LogP contribution in [0.4, 0.5) is 0 Å². The van der Waals surface area contributed by atoms with Crippen molar-refractivity contribution in [1.82, 2.24) is 0 Å². The molecule has 0 aliphatic heterocycles. The van der Waals surface area contributed by atoms with Gasteiger partial charge in [-0.2, -0.15) is 0 Å². The Morgan fingerprint density at radius 1 is 0.545 bits per heavy atom. The summed E-state index contributed by atoms with van der Waals surface area (Å²) in [5.74, 6) is -1.12. The molecule has 0 aliphatic rings. The third kappa shape index (κ3) is 50.9. The van der Waals surface area contributed by atoms with Crippen LogP contribution in [0.2, 0.25) is 0 Å². The van der Waals surface area contributed by atoms with Gasteiger partial charge in [0, 0.05) is 40.8 Å². The molecule has 0 N–H and O–H groups in total. The molecule has 0 amide bonds. The molecule has 0 unspecified atom stereocenters. The molecule has 0 saturated heterocycles. The molecule has 0 aromatic carbocycles. The van der Waals surface area contributed by atoms with E-state index in [1.165, 1.54) is 41.5 Å². The molecular weight excluding hydrogens is 420 g/mol. The van der Waals surface area contributed by atoms with Crippen LogP contribution < -0.4 is 15.3 Å². The van der Waals surface area contributed by atoms with Crippen LogP contribution in [0.5, 0.6) is 0 Å². The number of ketones is 3. The van der Waals surface area contributed by atoms with Crippen LogP contribution in [0, 0.1) is 40.8 Å². The van der Waals surface area contributed by atoms with Crippen LogP contribution in [-0.4, -0.2) is 17.3 Å². The number of hydrogen-bond acceptors (Lipinski definition) is 6. The quantitative estimate of drug-likeness (QED) is 0.431. The maximum absolute atomic E-state index is 9.98. The topological polar surface area (TPSA) is 120 Å². The van der Waals surface area contributed by atoms with E-state index in [1.54, 1.807) is 0 Å². The zero-order chi connectivity index (χ0) is 17.6. The van der Waals surface area contributed by atoms with Gasteiger partial charge in [-0.25, -0.2) is 0 Å². The molecule has 0 rings (SSSR count). The average Bonchev–Trinajstić information content (AvgIpc) is 2.10. The van der Waals surface area contributed by atoms with E-state index < -0.39 is 0 Å². The van der Waals surface area contributed by atoms with E-state index in [9.17, 15) is 29.7 Å². The average molecular weight is 442 g/mol. The van der Waals surface area contributed by atoms with Crippen LogP contribution in [-0.2, 0) is 14.4 Å². The molecule has 0 aliphatic carbocycles. The summed E-state index contributed by atoms with van der Waals surface area (Å²) in [7, 11) is 0. The first-order valence-corrected chi connectivity index (χ1v) is 5.96. The number of hydrogen-bond donors (Lipinski definition) is 0. The van der Waals surface area contributed by atoms with Crippen LogP contribution in [0.25, 0.3) is 0 Å². The molecule has 6 nitrogen and oxygen atoms in total. The minimum atomic E-state index is -0.187. The molecule has 0 radical (unpaired) electrons. The summed E-state index contributed by atoms with van der Waals surface area (Å²) in [5.41, 5.74) is 0. The molecule has 0 aromatic rings. The van der Waals surface area contributed by atoms with E-state index >= 15 is 0 Å². The zero-order valence-electron chi connectivity index (χ0n) is 13.7. The molecular formula is C15H21NdO6-3. The third-order valence-electron chi connectivity index (χ3n) is 1.22. The predicted octanol–water partition coefficient (Wildman–Crippen LogP) is -0.481. The van der Waals surface area contributed by atoms with Gasteiger partial charge in [0.15, 0.2) is 17.3 Å². The van der Waals surface area contributed by atoms with Gasteiger partial charge in [-0.3, -0.25) is 14.4 Å². The van der Waals surface area contributed by atoms with Gasteiger partial charge in [-0.1, -0.05) is 20.8 Å². The van der Waals surface area contributed by atoms with Crippen LogP contribution >= 0.6 is 0 Å². The van der Waals surface area contributed by atoms with E-state index in [1.807, 2.05) is 0 Å². The van der Waals surface area contributed by atoms with Gasteiger partial charge in [-0.05, 0) is 39.0 Å². The summed E-state index contributed by atoms with van der Waals surface area (Å²) in [5, 5.41) is 29.9. The van der Waals surface area contributed by atoms with Gasteiger partial charge in [0.25, 0.3) is 0 Å². The molecule has 0 heterocycles. The maximum atomic E-state index is 9.98. The van der Waals surface area contributed by atoms with Crippen molar-refractivity contribution in [3.8, 4) is 0 Å². The minimum absolute atomic E-state index is 0. The van der Waals surface area contributed by atoms with Crippen molar-refractivity contribution in [2.75, 3.05) is 0 Å². The van der Waals surface area contributed by atoms with Gasteiger partial charge in [-0.15, -0.1) is 17.3 Å². The van der Waals surface area contributed by atoms with Gasteiger partial charge in [0.2, 0.25) is 0 Å². The largest absolute Gasteiger partial charge is 0.876 e. The number of carbonyl (C=O) groups excluding carboxylic acids is 3. The van der Waals surface area contributed by atoms with Gasteiger partial charge in [0.05, 0.1) is 0 Å². The van der Waals surface area contributed by atoms with Crippen LogP contribution in [0.15, 0.2) is 35.5 Å². The van der Waals surface area contributed by atoms with Crippen molar-refractivity contribution in [3.05, 3.63) is 35.5 Å². The summed E-state index contributed by atoms with van der Waals surface area (Å²) < 4.78 is 0. The zero-order valence-corrected chi connectivity index (χ0v) is 16.9. The molecule has 0 aromatic heterocycles. The molecule has 0 atom stereocenters. The Balaban J connectivity index is -0.000000108. The second kappa shape index (κ2) is 18.0. The van der Waals surface area contributed by atoms with Crippen molar-refractivity contribution in [3.63, 3.8) is 0 Å². The van der Waals surface area contributed by atoms with Crippen molar-refractivity contribution >= 4 is 17.3 Å². The summed E-state index contributed by atoms with van der Waals surface area (Å²) in [4.78, 5) is 29.9. The fraction of sp³-hybridized carbons (Fsp3) is 0.400. The maximum Gasteiger partial charge on any atom is 0.151 e. The predicted molar refractivity (Wildman–Crippen MR) is 73.3 cm³/mol. The molecule has 0 spiro atoms. The molecule has 0 fully saturated rings. The van der Waals surface area contributed by atoms with E-state index in [2.05, 4.69) is 0 Å². The SMILES string of the molecule is CC(=O)C=C(C)[O-].CC(=O)C=C(C)[O-].CC(=O)C=C(C)[O-].[Nd]. The van der Waals surface area contributed by atoms with Crippen molar-refractivity contribution in [2.24, 2.45) is 0 Å². The monoisotopic (exact) mass is 439 g/mol. The second-order valence-electron chi connectivity index (χ2n) is 4.10. The smallest absolute Gasteiger partial charge is 0.151 e. The van der Waals surface area contributed by atoms with E-state index in [0.29, 0.717) is 0 Å². The summed E-state index contributed by atoms with van der Waals surface area (Å²) in [6.45, 7) is 8.09. The van der Waals surface area contributed by atoms with Crippen LogP contribution in [0.1, 0.15) is 41.5 Å². The van der Waals surface area contributed by atoms with Crippen molar-refractivity contribution in [1.29, 1.82) is 0 Å². The van der Waals surface area contributed by atoms with Crippen LogP contribution in [0.3, 0.4) is 0 Å². The fourth-order valence-corrected chi connectivity index (χ4v) is 0.859. The van der Waals surface area contributed by atoms with E-state index in [0.717, 1.165) is 18.2 Å². The molecule has 22 heavy (non-hydrogen) atoms. The molecule has 0 saturated carbocycles. The van der Waals surface area contributed by atoms with Crippen molar-refractivity contribution in [2.45, 2.75) is 41.5 Å². The van der Waals surface area contributed by atoms with E-state index in [-0.39, 0.29) is 75.5 Å². The molecule has 124 valence electrons. The minimum Gasteiger partial charge on any atom is -0.876 e. The normalized spacial score (nSPS) is 10.9. The second-order valence-corrected chi connectivity index (χ2v) is 4.10. The van der Waals surface area contributed by atoms with Gasteiger partial charge < -0.3 is 15.3 Å². The Morgan fingerprint density at radius 3 is 0.682 bits per heavy atom. The first-order chi connectivity index (χ1) is 9.38. The Labute approximate surface area is 164 Å². The standard InChI is InChI=1S/3C5H8O2.Nd/c3*1-4(6)3-5(2)7;/h3*3,6H,1-2H3;/p-3. The number of carbonyl (C=O) groups is 3. The summed E-state index contributed by atoms with van der Waals surface area (Å²) in [6.07, 6.45) is 3.17. The molecule has 7 heteroatoms. The summed E-state index contributed by atoms with van der Waals surface area (Å²) >= 11 is 0. The third-order valence-corrected chi connectivity index (χ3v) is 1.22.